The van der Waals surface area contributed by atoms with Crippen LogP contribution in [-0.4, -0.2) is 22.2 Å². The molecule has 0 radical (unpaired) electrons. The first-order chi connectivity index (χ1) is 8.56. The van der Waals surface area contributed by atoms with Gasteiger partial charge in [0.25, 0.3) is 0 Å². The third kappa shape index (κ3) is 2.08. The van der Waals surface area contributed by atoms with Gasteiger partial charge in [-0.05, 0) is 41.1 Å². The molecular weight excluding hydrogens is 316 g/mol. The van der Waals surface area contributed by atoms with Gasteiger partial charge in [0.1, 0.15) is 11.0 Å². The Balaban J connectivity index is 1.98. The van der Waals surface area contributed by atoms with Crippen LogP contribution < -0.4 is 0 Å². The van der Waals surface area contributed by atoms with E-state index in [2.05, 4.69) is 34.8 Å². The van der Waals surface area contributed by atoms with E-state index in [4.69, 9.17) is 21.3 Å². The summed E-state index contributed by atoms with van der Waals surface area (Å²) < 4.78 is 6.70. The lowest BCUT2D eigenvalue weighted by molar-refractivity contribution is 0.0998. The van der Waals surface area contributed by atoms with E-state index < -0.39 is 0 Å². The molecule has 0 aliphatic carbocycles. The lowest BCUT2D eigenvalue weighted by Crippen LogP contribution is -2.18. The van der Waals surface area contributed by atoms with E-state index in [9.17, 15) is 0 Å². The number of hydrogen-bond acceptors (Lipinski definition) is 3. The molecule has 0 spiro atoms. The molecule has 18 heavy (non-hydrogen) atoms. The third-order valence-electron chi connectivity index (χ3n) is 3.84. The van der Waals surface area contributed by atoms with Crippen LogP contribution in [0.4, 0.5) is 0 Å². The van der Waals surface area contributed by atoms with Gasteiger partial charge >= 0.3 is 0 Å². The maximum absolute atomic E-state index is 6.20. The Kier molecular flexibility index (Phi) is 3.37. The number of nitrogens with zero attached hydrogens (tertiary/aromatic N) is 2. The molecule has 0 N–H and O–H groups in total. The van der Waals surface area contributed by atoms with Gasteiger partial charge in [0, 0.05) is 5.92 Å². The van der Waals surface area contributed by atoms with Crippen LogP contribution in [0.3, 0.4) is 0 Å². The fourth-order valence-corrected chi connectivity index (χ4v) is 3.73. The summed E-state index contributed by atoms with van der Waals surface area (Å²) in [4.78, 5) is 9.15. The molecule has 2 aliphatic heterocycles. The quantitative estimate of drug-likeness (QED) is 0.767. The van der Waals surface area contributed by atoms with Crippen molar-refractivity contribution in [2.45, 2.75) is 57.2 Å². The summed E-state index contributed by atoms with van der Waals surface area (Å²) in [6.45, 7) is 4.23. The molecule has 1 aromatic heterocycles. The fraction of sp³-hybridized carbons (Fsp3) is 0.692. The Hall–Kier alpha value is -0.190. The zero-order valence-electron chi connectivity index (χ0n) is 10.5. The predicted molar refractivity (Wildman–Crippen MR) is 74.1 cm³/mol. The first-order valence-corrected chi connectivity index (χ1v) is 7.61. The fourth-order valence-electron chi connectivity index (χ4n) is 2.91. The molecule has 0 amide bonds. The molecule has 2 saturated heterocycles. The second-order valence-electron chi connectivity index (χ2n) is 5.44. The highest BCUT2D eigenvalue weighted by Crippen LogP contribution is 2.44. The van der Waals surface area contributed by atoms with Crippen molar-refractivity contribution in [3.8, 4) is 0 Å². The number of halogens is 2. The summed E-state index contributed by atoms with van der Waals surface area (Å²) in [5, 5.41) is 0.520. The van der Waals surface area contributed by atoms with Crippen LogP contribution in [0.2, 0.25) is 5.15 Å². The Morgan fingerprint density at radius 1 is 1.33 bits per heavy atom. The van der Waals surface area contributed by atoms with Crippen LogP contribution in [0, 0.1) is 0 Å². The normalized spacial score (nSPS) is 30.4. The molecule has 98 valence electrons. The monoisotopic (exact) mass is 330 g/mol. The number of rotatable bonds is 2. The minimum absolute atomic E-state index is 0.298. The van der Waals surface area contributed by atoms with Crippen molar-refractivity contribution in [3.63, 3.8) is 0 Å². The molecule has 0 saturated carbocycles. The van der Waals surface area contributed by atoms with Crippen molar-refractivity contribution in [2.24, 2.45) is 0 Å². The molecule has 3 nitrogen and oxygen atoms in total. The zero-order chi connectivity index (χ0) is 12.9. The van der Waals surface area contributed by atoms with Crippen molar-refractivity contribution in [1.82, 2.24) is 9.97 Å². The van der Waals surface area contributed by atoms with Crippen molar-refractivity contribution >= 4 is 27.5 Å². The Bertz CT molecular complexity index is 480. The van der Waals surface area contributed by atoms with E-state index in [-0.39, 0.29) is 0 Å². The lowest BCUT2D eigenvalue weighted by atomic mass is 9.88. The van der Waals surface area contributed by atoms with Crippen LogP contribution in [-0.2, 0) is 4.74 Å². The smallest absolute Gasteiger partial charge is 0.147 e. The van der Waals surface area contributed by atoms with E-state index in [1.54, 1.807) is 0 Å². The molecule has 2 aliphatic rings. The topological polar surface area (TPSA) is 35.0 Å². The summed E-state index contributed by atoms with van der Waals surface area (Å²) in [6.07, 6.45) is 4.06. The standard InChI is InChI=1S/C13H16BrClN2O/c1-6(2)11-10(14)12(15)17-13(16-11)8-5-7-3-4-9(8)18-7/h6-9H,3-5H2,1-2H3. The average Bonchev–Trinajstić information content (AvgIpc) is 2.94. The minimum atomic E-state index is 0.298. The van der Waals surface area contributed by atoms with Gasteiger partial charge in [-0.1, -0.05) is 25.4 Å². The lowest BCUT2D eigenvalue weighted by Gasteiger charge is -2.19. The van der Waals surface area contributed by atoms with Crippen LogP contribution in [0.1, 0.15) is 56.5 Å². The molecular formula is C13H16BrClN2O. The van der Waals surface area contributed by atoms with Crippen LogP contribution in [0.25, 0.3) is 0 Å². The zero-order valence-corrected chi connectivity index (χ0v) is 12.8. The highest BCUT2D eigenvalue weighted by atomic mass is 79.9. The Labute approximate surface area is 120 Å². The molecule has 5 heteroatoms. The van der Waals surface area contributed by atoms with Crippen molar-refractivity contribution in [2.75, 3.05) is 0 Å². The summed E-state index contributed by atoms with van der Waals surface area (Å²) in [6, 6.07) is 0. The summed E-state index contributed by atoms with van der Waals surface area (Å²) in [5.41, 5.74) is 0.993. The minimum Gasteiger partial charge on any atom is -0.374 e. The van der Waals surface area contributed by atoms with Crippen LogP contribution in [0.15, 0.2) is 4.47 Å². The van der Waals surface area contributed by atoms with Crippen molar-refractivity contribution in [1.29, 1.82) is 0 Å². The Morgan fingerprint density at radius 2 is 2.11 bits per heavy atom. The van der Waals surface area contributed by atoms with Crippen LogP contribution >= 0.6 is 27.5 Å². The maximum atomic E-state index is 6.20. The molecule has 3 unspecified atom stereocenters. The summed E-state index contributed by atoms with van der Waals surface area (Å²) in [5.74, 6) is 1.52. The number of hydrogen-bond donors (Lipinski definition) is 0. The van der Waals surface area contributed by atoms with Gasteiger partial charge in [-0.15, -0.1) is 0 Å². The van der Waals surface area contributed by atoms with Gasteiger partial charge in [-0.2, -0.15) is 0 Å². The molecule has 1 aromatic rings. The second-order valence-corrected chi connectivity index (χ2v) is 6.59. The first-order valence-electron chi connectivity index (χ1n) is 6.44. The highest BCUT2D eigenvalue weighted by Gasteiger charge is 2.43. The van der Waals surface area contributed by atoms with E-state index in [1.165, 1.54) is 6.42 Å². The van der Waals surface area contributed by atoms with E-state index in [1.807, 2.05) is 0 Å². The Morgan fingerprint density at radius 3 is 2.67 bits per heavy atom. The maximum Gasteiger partial charge on any atom is 0.147 e. The number of aromatic nitrogens is 2. The molecule has 2 bridgehead atoms. The van der Waals surface area contributed by atoms with E-state index in [0.29, 0.717) is 29.2 Å². The van der Waals surface area contributed by atoms with E-state index >= 15 is 0 Å². The number of fused-ring (bicyclic) bond motifs is 2. The molecule has 0 aromatic carbocycles. The van der Waals surface area contributed by atoms with Crippen molar-refractivity contribution in [3.05, 3.63) is 21.1 Å². The largest absolute Gasteiger partial charge is 0.374 e. The predicted octanol–water partition coefficient (Wildman–Crippen LogP) is 4.05. The van der Waals surface area contributed by atoms with Gasteiger partial charge in [0.05, 0.1) is 22.4 Å². The summed E-state index contributed by atoms with van der Waals surface area (Å²) in [7, 11) is 0. The third-order valence-corrected chi connectivity index (χ3v) is 5.12. The van der Waals surface area contributed by atoms with Gasteiger partial charge in [0.15, 0.2) is 0 Å². The van der Waals surface area contributed by atoms with Gasteiger partial charge in [-0.25, -0.2) is 9.97 Å². The average molecular weight is 332 g/mol. The van der Waals surface area contributed by atoms with Gasteiger partial charge in [-0.3, -0.25) is 0 Å². The molecule has 2 fully saturated rings. The van der Waals surface area contributed by atoms with Gasteiger partial charge < -0.3 is 4.74 Å². The first kappa shape index (κ1) is 12.8. The highest BCUT2D eigenvalue weighted by molar-refractivity contribution is 9.10. The van der Waals surface area contributed by atoms with Gasteiger partial charge in [0.2, 0.25) is 0 Å². The second kappa shape index (κ2) is 4.73. The van der Waals surface area contributed by atoms with Crippen molar-refractivity contribution < 1.29 is 4.74 Å². The molecule has 3 atom stereocenters. The van der Waals surface area contributed by atoms with Crippen LogP contribution in [0.5, 0.6) is 0 Å². The summed E-state index contributed by atoms with van der Waals surface area (Å²) >= 11 is 9.68. The SMILES string of the molecule is CC(C)c1nc(C2CC3CCC2O3)nc(Cl)c1Br. The molecule has 3 rings (SSSR count). The molecule has 3 heterocycles. The van der Waals surface area contributed by atoms with E-state index in [0.717, 1.165) is 28.8 Å². The number of ether oxygens (including phenoxy) is 1.